The lowest BCUT2D eigenvalue weighted by molar-refractivity contribution is -0.138. The quantitative estimate of drug-likeness (QED) is 0.706. The summed E-state index contributed by atoms with van der Waals surface area (Å²) in [6.45, 7) is 2.28. The Balaban J connectivity index is 1.89. The van der Waals surface area contributed by atoms with Gasteiger partial charge in [0.15, 0.2) is 0 Å². The number of carbonyl (C=O) groups excluding carboxylic acids is 1. The minimum atomic E-state index is -0.993. The number of fused-ring (bicyclic) bond motifs is 2. The number of hydrogen-bond donors (Lipinski definition) is 2. The highest BCUT2D eigenvalue weighted by molar-refractivity contribution is 5.82. The summed E-state index contributed by atoms with van der Waals surface area (Å²) in [5, 5.41) is 11.2. The zero-order chi connectivity index (χ0) is 11.0. The molecule has 5 heteroatoms. The van der Waals surface area contributed by atoms with Crippen molar-refractivity contribution in [2.24, 2.45) is 5.92 Å². The normalized spacial score (nSPS) is 30.3. The summed E-state index contributed by atoms with van der Waals surface area (Å²) in [4.78, 5) is 24.1. The number of carboxylic acid groups (broad SMARTS) is 1. The van der Waals surface area contributed by atoms with Gasteiger partial charge in [0.2, 0.25) is 0 Å². The molecule has 1 saturated heterocycles. The Morgan fingerprint density at radius 3 is 2.67 bits per heavy atom. The summed E-state index contributed by atoms with van der Waals surface area (Å²) in [6, 6.07) is -0.690. The fourth-order valence-electron chi connectivity index (χ4n) is 2.50. The fraction of sp³-hybridized carbons (Fsp3) is 0.800. The summed E-state index contributed by atoms with van der Waals surface area (Å²) >= 11 is 0. The Labute approximate surface area is 88.4 Å². The average Bonchev–Trinajstić information content (AvgIpc) is 2.78. The van der Waals surface area contributed by atoms with Crippen LogP contribution in [0.3, 0.4) is 0 Å². The van der Waals surface area contributed by atoms with Crippen molar-refractivity contribution in [2.75, 3.05) is 6.54 Å². The first kappa shape index (κ1) is 10.3. The third kappa shape index (κ3) is 1.91. The summed E-state index contributed by atoms with van der Waals surface area (Å²) in [6.07, 6.45) is 3.37. The molecule has 3 atom stereocenters. The van der Waals surface area contributed by atoms with Crippen molar-refractivity contribution in [1.29, 1.82) is 0 Å². The molecular formula is C10H16N2O3. The zero-order valence-corrected chi connectivity index (χ0v) is 8.77. The van der Waals surface area contributed by atoms with Crippen LogP contribution in [0.15, 0.2) is 0 Å². The van der Waals surface area contributed by atoms with E-state index in [1.165, 1.54) is 13.3 Å². The van der Waals surface area contributed by atoms with Crippen LogP contribution in [0.4, 0.5) is 4.79 Å². The molecule has 2 unspecified atom stereocenters. The molecule has 2 aliphatic rings. The molecule has 1 saturated carbocycles. The molecule has 2 N–H and O–H groups in total. The zero-order valence-electron chi connectivity index (χ0n) is 8.77. The van der Waals surface area contributed by atoms with Crippen LogP contribution in [-0.4, -0.2) is 40.6 Å². The molecule has 0 aromatic carbocycles. The molecular weight excluding hydrogens is 196 g/mol. The average molecular weight is 212 g/mol. The Bertz CT molecular complexity index is 292. The molecule has 2 rings (SSSR count). The molecule has 2 amide bonds. The molecule has 0 spiro atoms. The molecule has 5 nitrogen and oxygen atoms in total. The molecule has 15 heavy (non-hydrogen) atoms. The van der Waals surface area contributed by atoms with Gasteiger partial charge in [0.1, 0.15) is 6.04 Å². The number of piperidine rings is 1. The molecule has 1 aliphatic carbocycles. The van der Waals surface area contributed by atoms with Gasteiger partial charge in [-0.15, -0.1) is 0 Å². The van der Waals surface area contributed by atoms with Crippen LogP contribution in [0, 0.1) is 5.92 Å². The number of hydrogen-bond acceptors (Lipinski definition) is 2. The van der Waals surface area contributed by atoms with Crippen molar-refractivity contribution in [3.8, 4) is 0 Å². The maximum Gasteiger partial charge on any atom is 0.325 e. The standard InChI is InChI=1S/C10H16N2O3/c1-6(9(13)14)11-10(15)12-5-7-2-3-8(12)4-7/h6-8H,2-5H2,1H3,(H,11,15)(H,13,14)/t6-,7?,8?/m0/s1. The Hall–Kier alpha value is -1.26. The SMILES string of the molecule is C[C@H](NC(=O)N1CC2CCC1C2)C(=O)O. The Morgan fingerprint density at radius 1 is 1.47 bits per heavy atom. The van der Waals surface area contributed by atoms with E-state index in [0.717, 1.165) is 19.4 Å². The van der Waals surface area contributed by atoms with E-state index in [2.05, 4.69) is 5.32 Å². The van der Waals surface area contributed by atoms with E-state index in [1.54, 1.807) is 4.90 Å². The van der Waals surface area contributed by atoms with Gasteiger partial charge in [-0.3, -0.25) is 4.79 Å². The van der Waals surface area contributed by atoms with E-state index in [9.17, 15) is 9.59 Å². The molecule has 1 aliphatic heterocycles. The van der Waals surface area contributed by atoms with Crippen LogP contribution in [-0.2, 0) is 4.79 Å². The van der Waals surface area contributed by atoms with Gasteiger partial charge in [-0.1, -0.05) is 0 Å². The first-order valence-corrected chi connectivity index (χ1v) is 5.38. The number of carboxylic acids is 1. The second-order valence-corrected chi connectivity index (χ2v) is 4.49. The number of aliphatic carboxylic acids is 1. The second kappa shape index (κ2) is 3.72. The lowest BCUT2D eigenvalue weighted by Crippen LogP contribution is -2.49. The third-order valence-electron chi connectivity index (χ3n) is 3.38. The summed E-state index contributed by atoms with van der Waals surface area (Å²) in [5.74, 6) is -0.353. The van der Waals surface area contributed by atoms with Crippen molar-refractivity contribution >= 4 is 12.0 Å². The van der Waals surface area contributed by atoms with Crippen LogP contribution in [0.5, 0.6) is 0 Å². The monoisotopic (exact) mass is 212 g/mol. The van der Waals surface area contributed by atoms with Gasteiger partial charge in [0.25, 0.3) is 0 Å². The molecule has 0 radical (unpaired) electrons. The minimum absolute atomic E-state index is 0.225. The van der Waals surface area contributed by atoms with Crippen LogP contribution in [0.1, 0.15) is 26.2 Å². The van der Waals surface area contributed by atoms with Crippen LogP contribution < -0.4 is 5.32 Å². The number of nitrogens with zero attached hydrogens (tertiary/aromatic N) is 1. The van der Waals surface area contributed by atoms with Gasteiger partial charge in [-0.25, -0.2) is 4.79 Å². The number of amides is 2. The number of rotatable bonds is 2. The number of nitrogens with one attached hydrogen (secondary N) is 1. The van der Waals surface area contributed by atoms with E-state index < -0.39 is 12.0 Å². The minimum Gasteiger partial charge on any atom is -0.480 e. The predicted octanol–water partition coefficient (Wildman–Crippen LogP) is 0.653. The lowest BCUT2D eigenvalue weighted by atomic mass is 10.1. The Kier molecular flexibility index (Phi) is 2.54. The van der Waals surface area contributed by atoms with Gasteiger partial charge < -0.3 is 15.3 Å². The summed E-state index contributed by atoms with van der Waals surface area (Å²) in [5.41, 5.74) is 0. The highest BCUT2D eigenvalue weighted by Gasteiger charge is 2.40. The smallest absolute Gasteiger partial charge is 0.325 e. The van der Waals surface area contributed by atoms with Crippen LogP contribution >= 0.6 is 0 Å². The molecule has 1 heterocycles. The Morgan fingerprint density at radius 2 is 2.20 bits per heavy atom. The molecule has 0 aromatic heterocycles. The van der Waals surface area contributed by atoms with E-state index in [4.69, 9.17) is 5.11 Å². The van der Waals surface area contributed by atoms with Gasteiger partial charge in [-0.05, 0) is 32.1 Å². The lowest BCUT2D eigenvalue weighted by Gasteiger charge is -2.27. The molecule has 2 bridgehead atoms. The predicted molar refractivity (Wildman–Crippen MR) is 53.5 cm³/mol. The third-order valence-corrected chi connectivity index (χ3v) is 3.38. The topological polar surface area (TPSA) is 69.6 Å². The number of urea groups is 1. The molecule has 2 fully saturated rings. The fourth-order valence-corrected chi connectivity index (χ4v) is 2.50. The van der Waals surface area contributed by atoms with Gasteiger partial charge in [-0.2, -0.15) is 0 Å². The van der Waals surface area contributed by atoms with Crippen molar-refractivity contribution in [1.82, 2.24) is 10.2 Å². The maximum atomic E-state index is 11.7. The largest absolute Gasteiger partial charge is 0.480 e. The van der Waals surface area contributed by atoms with Crippen molar-refractivity contribution < 1.29 is 14.7 Å². The molecule has 0 aromatic rings. The van der Waals surface area contributed by atoms with Gasteiger partial charge >= 0.3 is 12.0 Å². The maximum absolute atomic E-state index is 11.7. The van der Waals surface area contributed by atoms with E-state index in [0.29, 0.717) is 12.0 Å². The van der Waals surface area contributed by atoms with E-state index in [1.807, 2.05) is 0 Å². The summed E-state index contributed by atoms with van der Waals surface area (Å²) in [7, 11) is 0. The van der Waals surface area contributed by atoms with Crippen LogP contribution in [0.2, 0.25) is 0 Å². The van der Waals surface area contributed by atoms with Crippen molar-refractivity contribution in [3.05, 3.63) is 0 Å². The first-order valence-electron chi connectivity index (χ1n) is 5.38. The van der Waals surface area contributed by atoms with Crippen molar-refractivity contribution in [3.63, 3.8) is 0 Å². The highest BCUT2D eigenvalue weighted by Crippen LogP contribution is 2.37. The summed E-state index contributed by atoms with van der Waals surface area (Å²) < 4.78 is 0. The van der Waals surface area contributed by atoms with E-state index >= 15 is 0 Å². The number of likely N-dealkylation sites (tertiary alicyclic amines) is 1. The highest BCUT2D eigenvalue weighted by atomic mass is 16.4. The second-order valence-electron chi connectivity index (χ2n) is 4.49. The van der Waals surface area contributed by atoms with Crippen molar-refractivity contribution in [2.45, 2.75) is 38.3 Å². The first-order chi connectivity index (χ1) is 7.08. The van der Waals surface area contributed by atoms with E-state index in [-0.39, 0.29) is 6.03 Å². The van der Waals surface area contributed by atoms with Crippen LogP contribution in [0.25, 0.3) is 0 Å². The molecule has 84 valence electrons. The van der Waals surface area contributed by atoms with Gasteiger partial charge in [0, 0.05) is 12.6 Å². The van der Waals surface area contributed by atoms with Gasteiger partial charge in [0.05, 0.1) is 0 Å². The number of carbonyl (C=O) groups is 2.